The van der Waals surface area contributed by atoms with Crippen molar-refractivity contribution < 1.29 is 13.9 Å². The molecule has 2 aliphatic rings. The summed E-state index contributed by atoms with van der Waals surface area (Å²) in [5.74, 6) is 1.32. The second-order valence-corrected chi connectivity index (χ2v) is 7.41. The van der Waals surface area contributed by atoms with E-state index in [9.17, 15) is 9.18 Å². The first-order chi connectivity index (χ1) is 14.2. The van der Waals surface area contributed by atoms with E-state index in [-0.39, 0.29) is 11.7 Å². The van der Waals surface area contributed by atoms with Crippen LogP contribution in [0.25, 0.3) is 0 Å². The number of carbonyl (C=O) groups excluding carboxylic acids is 1. The van der Waals surface area contributed by atoms with Crippen LogP contribution in [0.1, 0.15) is 29.6 Å². The molecule has 0 unspecified atom stereocenters. The molecule has 1 aromatic heterocycles. The minimum absolute atomic E-state index is 0.139. The van der Waals surface area contributed by atoms with Crippen LogP contribution in [0.3, 0.4) is 0 Å². The molecule has 4 rings (SSSR count). The van der Waals surface area contributed by atoms with Gasteiger partial charge in [-0.2, -0.15) is 0 Å². The number of amides is 1. The number of piperazine rings is 1. The van der Waals surface area contributed by atoms with Gasteiger partial charge in [-0.15, -0.1) is 0 Å². The number of anilines is 2. The van der Waals surface area contributed by atoms with Gasteiger partial charge in [0.2, 0.25) is 0 Å². The van der Waals surface area contributed by atoms with Crippen molar-refractivity contribution in [2.24, 2.45) is 0 Å². The zero-order valence-corrected chi connectivity index (χ0v) is 16.7. The molecule has 2 aromatic rings. The Balaban J connectivity index is 1.39. The summed E-state index contributed by atoms with van der Waals surface area (Å²) in [5, 5.41) is 0. The van der Waals surface area contributed by atoms with E-state index in [0.29, 0.717) is 31.7 Å². The van der Waals surface area contributed by atoms with E-state index in [1.54, 1.807) is 17.3 Å². The molecule has 29 heavy (non-hydrogen) atoms. The molecule has 2 saturated heterocycles. The smallest absolute Gasteiger partial charge is 0.254 e. The van der Waals surface area contributed by atoms with Gasteiger partial charge in [-0.05, 0) is 37.5 Å². The molecule has 7 nitrogen and oxygen atoms in total. The van der Waals surface area contributed by atoms with E-state index in [2.05, 4.69) is 19.8 Å². The van der Waals surface area contributed by atoms with E-state index in [1.807, 2.05) is 6.07 Å². The highest BCUT2D eigenvalue weighted by Crippen LogP contribution is 2.23. The molecule has 0 spiro atoms. The summed E-state index contributed by atoms with van der Waals surface area (Å²) in [7, 11) is 1.41. The fraction of sp³-hybridized carbons (Fsp3) is 0.476. The highest BCUT2D eigenvalue weighted by molar-refractivity contribution is 5.94. The molecule has 2 fully saturated rings. The van der Waals surface area contributed by atoms with Gasteiger partial charge >= 0.3 is 0 Å². The van der Waals surface area contributed by atoms with E-state index in [1.165, 1.54) is 38.5 Å². The molecule has 0 saturated carbocycles. The van der Waals surface area contributed by atoms with Crippen molar-refractivity contribution in [2.75, 3.05) is 56.2 Å². The summed E-state index contributed by atoms with van der Waals surface area (Å²) in [5.41, 5.74) is 0.339. The number of hydrogen-bond donors (Lipinski definition) is 0. The van der Waals surface area contributed by atoms with Crippen LogP contribution in [-0.2, 0) is 0 Å². The van der Waals surface area contributed by atoms with Crippen LogP contribution in [0.2, 0.25) is 0 Å². The average Bonchev–Trinajstić information content (AvgIpc) is 2.79. The van der Waals surface area contributed by atoms with Gasteiger partial charge in [0.25, 0.3) is 5.91 Å². The number of piperidine rings is 1. The fourth-order valence-electron chi connectivity index (χ4n) is 3.93. The first-order valence-electron chi connectivity index (χ1n) is 10.1. The Hall–Kier alpha value is -2.90. The number of rotatable bonds is 4. The third-order valence-electron chi connectivity index (χ3n) is 5.61. The Morgan fingerprint density at radius 2 is 1.59 bits per heavy atom. The SMILES string of the molecule is COc1ccc(C(=O)N2CCN(c3cc(N4CCCCC4)ncn3)CC2)cc1F. The third kappa shape index (κ3) is 4.26. The molecule has 154 valence electrons. The van der Waals surface area contributed by atoms with Crippen LogP contribution in [0.5, 0.6) is 5.75 Å². The number of ether oxygens (including phenoxy) is 1. The number of methoxy groups -OCH3 is 1. The molecule has 1 aromatic carbocycles. The van der Waals surface area contributed by atoms with Gasteiger partial charge in [-0.25, -0.2) is 14.4 Å². The molecule has 0 N–H and O–H groups in total. The molecule has 2 aliphatic heterocycles. The van der Waals surface area contributed by atoms with Crippen LogP contribution >= 0.6 is 0 Å². The van der Waals surface area contributed by atoms with E-state index < -0.39 is 5.82 Å². The lowest BCUT2D eigenvalue weighted by Gasteiger charge is -2.36. The summed E-state index contributed by atoms with van der Waals surface area (Å²) in [6, 6.07) is 6.37. The predicted molar refractivity (Wildman–Crippen MR) is 109 cm³/mol. The standard InChI is InChI=1S/C21H26FN5O2/c1-29-18-6-5-16(13-17(18)22)21(28)27-11-9-26(10-12-27)20-14-19(23-15-24-20)25-7-3-2-4-8-25/h5-6,13-15H,2-4,7-12H2,1H3. The minimum Gasteiger partial charge on any atom is -0.494 e. The molecule has 3 heterocycles. The van der Waals surface area contributed by atoms with Crippen molar-refractivity contribution in [2.45, 2.75) is 19.3 Å². The quantitative estimate of drug-likeness (QED) is 0.788. The monoisotopic (exact) mass is 399 g/mol. The van der Waals surface area contributed by atoms with Crippen LogP contribution in [-0.4, -0.2) is 67.2 Å². The molecular weight excluding hydrogens is 373 g/mol. The van der Waals surface area contributed by atoms with Crippen molar-refractivity contribution in [1.82, 2.24) is 14.9 Å². The number of halogens is 1. The van der Waals surface area contributed by atoms with E-state index in [4.69, 9.17) is 4.74 Å². The maximum absolute atomic E-state index is 13.9. The Labute approximate surface area is 170 Å². The van der Waals surface area contributed by atoms with E-state index >= 15 is 0 Å². The molecule has 0 atom stereocenters. The van der Waals surface area contributed by atoms with Crippen LogP contribution < -0.4 is 14.5 Å². The average molecular weight is 399 g/mol. The molecule has 0 bridgehead atoms. The van der Waals surface area contributed by atoms with Gasteiger partial charge in [-0.3, -0.25) is 4.79 Å². The molecule has 8 heteroatoms. The maximum atomic E-state index is 13.9. The van der Waals surface area contributed by atoms with Crippen molar-refractivity contribution in [1.29, 1.82) is 0 Å². The van der Waals surface area contributed by atoms with Gasteiger partial charge in [0.1, 0.15) is 18.0 Å². The summed E-state index contributed by atoms with van der Waals surface area (Å²) in [6.07, 6.45) is 5.30. The summed E-state index contributed by atoms with van der Waals surface area (Å²) < 4.78 is 18.9. The predicted octanol–water partition coefficient (Wildman–Crippen LogP) is 2.58. The number of carbonyl (C=O) groups is 1. The zero-order chi connectivity index (χ0) is 20.2. The second kappa shape index (κ2) is 8.63. The Bertz CT molecular complexity index is 864. The maximum Gasteiger partial charge on any atom is 0.254 e. The lowest BCUT2D eigenvalue weighted by Crippen LogP contribution is -2.49. The van der Waals surface area contributed by atoms with E-state index in [0.717, 1.165) is 24.7 Å². The van der Waals surface area contributed by atoms with Crippen LogP contribution in [0, 0.1) is 5.82 Å². The van der Waals surface area contributed by atoms with Gasteiger partial charge < -0.3 is 19.4 Å². The highest BCUT2D eigenvalue weighted by atomic mass is 19.1. The third-order valence-corrected chi connectivity index (χ3v) is 5.61. The summed E-state index contributed by atoms with van der Waals surface area (Å²) >= 11 is 0. The largest absolute Gasteiger partial charge is 0.494 e. The van der Waals surface area contributed by atoms with Crippen LogP contribution in [0.15, 0.2) is 30.6 Å². The zero-order valence-electron chi connectivity index (χ0n) is 16.7. The second-order valence-electron chi connectivity index (χ2n) is 7.41. The molecule has 0 aliphatic carbocycles. The van der Waals surface area contributed by atoms with Crippen LogP contribution in [0.4, 0.5) is 16.0 Å². The molecule has 1 amide bonds. The number of hydrogen-bond acceptors (Lipinski definition) is 6. The lowest BCUT2D eigenvalue weighted by atomic mass is 10.1. The first-order valence-corrected chi connectivity index (χ1v) is 10.1. The van der Waals surface area contributed by atoms with Crippen molar-refractivity contribution in [3.8, 4) is 5.75 Å². The highest BCUT2D eigenvalue weighted by Gasteiger charge is 2.24. The normalized spacial score (nSPS) is 17.4. The van der Waals surface area contributed by atoms with Crippen molar-refractivity contribution in [3.05, 3.63) is 42.0 Å². The summed E-state index contributed by atoms with van der Waals surface area (Å²) in [4.78, 5) is 27.8. The Morgan fingerprint density at radius 1 is 0.931 bits per heavy atom. The van der Waals surface area contributed by atoms with Gasteiger partial charge in [-0.1, -0.05) is 0 Å². The lowest BCUT2D eigenvalue weighted by molar-refractivity contribution is 0.0746. The van der Waals surface area contributed by atoms with Gasteiger partial charge in [0, 0.05) is 50.9 Å². The van der Waals surface area contributed by atoms with Gasteiger partial charge in [0.05, 0.1) is 7.11 Å². The molecular formula is C21H26FN5O2. The summed E-state index contributed by atoms with van der Waals surface area (Å²) in [6.45, 7) is 4.57. The number of aromatic nitrogens is 2. The minimum atomic E-state index is -0.525. The Morgan fingerprint density at radius 3 is 2.21 bits per heavy atom. The first kappa shape index (κ1) is 19.4. The number of nitrogens with zero attached hydrogens (tertiary/aromatic N) is 5. The van der Waals surface area contributed by atoms with Gasteiger partial charge in [0.15, 0.2) is 11.6 Å². The van der Waals surface area contributed by atoms with Crippen molar-refractivity contribution >= 4 is 17.5 Å². The Kier molecular flexibility index (Phi) is 5.78. The number of benzene rings is 1. The molecule has 0 radical (unpaired) electrons. The fourth-order valence-corrected chi connectivity index (χ4v) is 3.93. The van der Waals surface area contributed by atoms with Crippen molar-refractivity contribution in [3.63, 3.8) is 0 Å². The topological polar surface area (TPSA) is 61.8 Å².